The molecule has 1 aromatic carbocycles. The number of hydrogen-bond donors (Lipinski definition) is 2. The first-order valence-electron chi connectivity index (χ1n) is 6.40. The lowest BCUT2D eigenvalue weighted by molar-refractivity contribution is -0.113. The van der Waals surface area contributed by atoms with E-state index in [1.165, 1.54) is 11.8 Å². The molecule has 0 aliphatic rings. The second-order valence-corrected chi connectivity index (χ2v) is 7.23. The summed E-state index contributed by atoms with van der Waals surface area (Å²) in [5.41, 5.74) is 2.02. The molecule has 0 spiro atoms. The fourth-order valence-corrected chi connectivity index (χ4v) is 3.13. The highest BCUT2D eigenvalue weighted by molar-refractivity contribution is 9.10. The van der Waals surface area contributed by atoms with Gasteiger partial charge in [0.05, 0.1) is 21.3 Å². The summed E-state index contributed by atoms with van der Waals surface area (Å²) in [6.07, 6.45) is 1.68. The molecular weight excluding hydrogens is 423 g/mol. The van der Waals surface area contributed by atoms with Gasteiger partial charge in [0.15, 0.2) is 10.8 Å². The number of fused-ring (bicyclic) bond motifs is 1. The first-order valence-corrected chi connectivity index (χ1v) is 8.94. The summed E-state index contributed by atoms with van der Waals surface area (Å²) >= 11 is 16.4. The third kappa shape index (κ3) is 4.17. The van der Waals surface area contributed by atoms with Gasteiger partial charge >= 0.3 is 0 Å². The number of amides is 1. The minimum Gasteiger partial charge on any atom is -0.331 e. The quantitative estimate of drug-likeness (QED) is 0.584. The van der Waals surface area contributed by atoms with Crippen LogP contribution in [-0.4, -0.2) is 26.6 Å². The van der Waals surface area contributed by atoms with Crippen molar-refractivity contribution >= 4 is 73.7 Å². The summed E-state index contributed by atoms with van der Waals surface area (Å²) < 4.78 is 0.863. The first kappa shape index (κ1) is 16.6. The van der Waals surface area contributed by atoms with E-state index < -0.39 is 0 Å². The number of rotatable bonds is 4. The van der Waals surface area contributed by atoms with Crippen LogP contribution in [0.3, 0.4) is 0 Å². The molecule has 0 fully saturated rings. The molecule has 0 atom stereocenters. The molecule has 2 heterocycles. The number of pyridine rings is 1. The number of imidazole rings is 1. The number of benzene rings is 1. The van der Waals surface area contributed by atoms with Gasteiger partial charge in [-0.15, -0.1) is 0 Å². The third-order valence-corrected chi connectivity index (χ3v) is 4.87. The lowest BCUT2D eigenvalue weighted by Crippen LogP contribution is -2.14. The molecule has 0 aliphatic heterocycles. The van der Waals surface area contributed by atoms with Crippen LogP contribution in [0.2, 0.25) is 10.0 Å². The number of anilines is 1. The summed E-state index contributed by atoms with van der Waals surface area (Å²) in [6.45, 7) is 0. The second kappa shape index (κ2) is 7.09. The number of carbonyl (C=O) groups excluding carboxylic acids is 1. The van der Waals surface area contributed by atoms with Crippen molar-refractivity contribution < 1.29 is 4.79 Å². The number of carbonyl (C=O) groups is 1. The molecule has 3 aromatic rings. The van der Waals surface area contributed by atoms with Gasteiger partial charge in [-0.1, -0.05) is 35.0 Å². The topological polar surface area (TPSA) is 70.7 Å². The average molecular weight is 432 g/mol. The van der Waals surface area contributed by atoms with Crippen LogP contribution >= 0.6 is 50.9 Å². The van der Waals surface area contributed by atoms with Gasteiger partial charge in [-0.2, -0.15) is 0 Å². The standard InChI is InChI=1S/C14H9BrCl2N4OS/c15-7-3-11-13(18-5-7)21-14(20-11)23-6-12(22)19-8-1-2-9(16)10(17)4-8/h1-5H,6H2,(H,19,22)(H,18,20,21). The van der Waals surface area contributed by atoms with E-state index in [1.807, 2.05) is 6.07 Å². The Hall–Kier alpha value is -1.28. The highest BCUT2D eigenvalue weighted by atomic mass is 79.9. The predicted octanol–water partition coefficient (Wildman–Crippen LogP) is 4.76. The largest absolute Gasteiger partial charge is 0.331 e. The number of nitrogens with zero attached hydrogens (tertiary/aromatic N) is 2. The molecule has 0 saturated heterocycles. The predicted molar refractivity (Wildman–Crippen MR) is 97.4 cm³/mol. The van der Waals surface area contributed by atoms with E-state index in [2.05, 4.69) is 36.2 Å². The molecule has 2 N–H and O–H groups in total. The summed E-state index contributed by atoms with van der Waals surface area (Å²) in [4.78, 5) is 23.6. The number of hydrogen-bond acceptors (Lipinski definition) is 4. The fourth-order valence-electron chi connectivity index (χ4n) is 1.83. The van der Waals surface area contributed by atoms with Gasteiger partial charge in [0.2, 0.25) is 5.91 Å². The van der Waals surface area contributed by atoms with E-state index in [9.17, 15) is 4.79 Å². The van der Waals surface area contributed by atoms with Gasteiger partial charge in [0.25, 0.3) is 0 Å². The van der Waals surface area contributed by atoms with Crippen LogP contribution in [-0.2, 0) is 4.79 Å². The molecule has 5 nitrogen and oxygen atoms in total. The second-order valence-electron chi connectivity index (χ2n) is 4.53. The number of aromatic nitrogens is 3. The SMILES string of the molecule is O=C(CSc1nc2ncc(Br)cc2[nH]1)Nc1ccc(Cl)c(Cl)c1. The van der Waals surface area contributed by atoms with Crippen LogP contribution in [0.4, 0.5) is 5.69 Å². The minimum atomic E-state index is -0.164. The van der Waals surface area contributed by atoms with E-state index >= 15 is 0 Å². The maximum absolute atomic E-state index is 12.0. The number of aromatic amines is 1. The van der Waals surface area contributed by atoms with E-state index in [1.54, 1.807) is 24.4 Å². The van der Waals surface area contributed by atoms with Crippen LogP contribution in [0, 0.1) is 0 Å². The van der Waals surface area contributed by atoms with E-state index in [4.69, 9.17) is 23.2 Å². The highest BCUT2D eigenvalue weighted by Gasteiger charge is 2.09. The zero-order valence-electron chi connectivity index (χ0n) is 11.4. The van der Waals surface area contributed by atoms with Gasteiger partial charge in [-0.25, -0.2) is 9.97 Å². The molecule has 0 aliphatic carbocycles. The van der Waals surface area contributed by atoms with Gasteiger partial charge in [0.1, 0.15) is 0 Å². The molecule has 3 rings (SSSR count). The van der Waals surface area contributed by atoms with Crippen molar-refractivity contribution in [1.29, 1.82) is 0 Å². The van der Waals surface area contributed by atoms with Gasteiger partial charge in [-0.05, 0) is 40.2 Å². The number of H-pyrrole nitrogens is 1. The van der Waals surface area contributed by atoms with E-state index in [0.29, 0.717) is 26.5 Å². The van der Waals surface area contributed by atoms with Crippen molar-refractivity contribution in [1.82, 2.24) is 15.0 Å². The summed E-state index contributed by atoms with van der Waals surface area (Å²) in [5.74, 6) is 0.0457. The number of nitrogens with one attached hydrogen (secondary N) is 2. The Balaban J connectivity index is 1.62. The van der Waals surface area contributed by atoms with Crippen molar-refractivity contribution in [2.45, 2.75) is 5.16 Å². The smallest absolute Gasteiger partial charge is 0.234 e. The Morgan fingerprint density at radius 1 is 1.30 bits per heavy atom. The lowest BCUT2D eigenvalue weighted by Gasteiger charge is -2.05. The van der Waals surface area contributed by atoms with Crippen LogP contribution in [0.5, 0.6) is 0 Å². The van der Waals surface area contributed by atoms with Crippen LogP contribution in [0.15, 0.2) is 40.1 Å². The molecular formula is C14H9BrCl2N4OS. The van der Waals surface area contributed by atoms with Crippen LogP contribution in [0.25, 0.3) is 11.2 Å². The Kier molecular flexibility index (Phi) is 5.11. The zero-order valence-corrected chi connectivity index (χ0v) is 15.4. The normalized spacial score (nSPS) is 10.9. The molecule has 1 amide bonds. The fraction of sp³-hybridized carbons (Fsp3) is 0.0714. The Bertz CT molecular complexity index is 886. The maximum atomic E-state index is 12.0. The molecule has 23 heavy (non-hydrogen) atoms. The molecule has 0 radical (unpaired) electrons. The van der Waals surface area contributed by atoms with Gasteiger partial charge < -0.3 is 10.3 Å². The molecule has 0 bridgehead atoms. The van der Waals surface area contributed by atoms with Crippen molar-refractivity contribution in [2.75, 3.05) is 11.1 Å². The van der Waals surface area contributed by atoms with Gasteiger partial charge in [-0.3, -0.25) is 4.79 Å². The Labute approximate surface area is 154 Å². The molecule has 9 heteroatoms. The molecule has 0 saturated carbocycles. The first-order chi connectivity index (χ1) is 11.0. The van der Waals surface area contributed by atoms with E-state index in [-0.39, 0.29) is 11.7 Å². The molecule has 2 aromatic heterocycles. The summed E-state index contributed by atoms with van der Waals surface area (Å²) in [7, 11) is 0. The van der Waals surface area contributed by atoms with Crippen molar-refractivity contribution in [3.05, 3.63) is 45.0 Å². The van der Waals surface area contributed by atoms with Crippen molar-refractivity contribution in [3.63, 3.8) is 0 Å². The average Bonchev–Trinajstić information content (AvgIpc) is 2.91. The molecule has 0 unspecified atom stereocenters. The van der Waals surface area contributed by atoms with Crippen LogP contribution in [0.1, 0.15) is 0 Å². The molecule has 118 valence electrons. The van der Waals surface area contributed by atoms with Crippen molar-refractivity contribution in [3.8, 4) is 0 Å². The minimum absolute atomic E-state index is 0.164. The Morgan fingerprint density at radius 3 is 2.91 bits per heavy atom. The maximum Gasteiger partial charge on any atom is 0.234 e. The third-order valence-electron chi connectivity index (χ3n) is 2.83. The Morgan fingerprint density at radius 2 is 2.13 bits per heavy atom. The zero-order chi connectivity index (χ0) is 16.4. The van der Waals surface area contributed by atoms with Crippen LogP contribution < -0.4 is 5.32 Å². The number of thioether (sulfide) groups is 1. The summed E-state index contributed by atoms with van der Waals surface area (Å²) in [5, 5.41) is 4.23. The summed E-state index contributed by atoms with van der Waals surface area (Å²) in [6, 6.07) is 6.82. The van der Waals surface area contributed by atoms with Gasteiger partial charge in [0, 0.05) is 16.4 Å². The van der Waals surface area contributed by atoms with E-state index in [0.717, 1.165) is 9.99 Å². The number of halogens is 3. The monoisotopic (exact) mass is 430 g/mol. The van der Waals surface area contributed by atoms with Crippen molar-refractivity contribution in [2.24, 2.45) is 0 Å². The highest BCUT2D eigenvalue weighted by Crippen LogP contribution is 2.25. The lowest BCUT2D eigenvalue weighted by atomic mass is 10.3.